The number of carbonyl (C=O) groups is 2. The fraction of sp³-hybridized carbons (Fsp3) is 0.500. The molecule has 0 aromatic carbocycles. The van der Waals surface area contributed by atoms with Crippen LogP contribution in [0.25, 0.3) is 11.5 Å². The summed E-state index contributed by atoms with van der Waals surface area (Å²) < 4.78 is 10.7. The lowest BCUT2D eigenvalue weighted by atomic mass is 9.94. The van der Waals surface area contributed by atoms with Crippen LogP contribution in [0, 0.1) is 12.8 Å². The van der Waals surface area contributed by atoms with Crippen molar-refractivity contribution in [3.63, 3.8) is 0 Å². The summed E-state index contributed by atoms with van der Waals surface area (Å²) in [6.07, 6.45) is 3.13. The number of hydrogen-bond acceptors (Lipinski definition) is 5. The molecular formula is C22H29N3O4. The van der Waals surface area contributed by atoms with Gasteiger partial charge in [0.05, 0.1) is 23.1 Å². The molecule has 1 aliphatic carbocycles. The molecule has 2 amide bonds. The number of furan rings is 1. The minimum absolute atomic E-state index is 0.207. The van der Waals surface area contributed by atoms with E-state index < -0.39 is 17.2 Å². The third kappa shape index (κ3) is 5.37. The van der Waals surface area contributed by atoms with Gasteiger partial charge in [0.25, 0.3) is 5.91 Å². The van der Waals surface area contributed by atoms with Gasteiger partial charge in [-0.15, -0.1) is 0 Å². The first-order chi connectivity index (χ1) is 13.6. The highest BCUT2D eigenvalue weighted by molar-refractivity contribution is 5.96. The second-order valence-corrected chi connectivity index (χ2v) is 8.81. The Bertz CT molecular complexity index is 882. The van der Waals surface area contributed by atoms with Crippen molar-refractivity contribution >= 4 is 12.0 Å². The van der Waals surface area contributed by atoms with Gasteiger partial charge < -0.3 is 19.8 Å². The Hall–Kier alpha value is -2.83. The molecule has 156 valence electrons. The lowest BCUT2D eigenvalue weighted by molar-refractivity contribution is 0.0502. The minimum Gasteiger partial charge on any atom is -0.463 e. The van der Waals surface area contributed by atoms with Crippen LogP contribution in [-0.2, 0) is 4.74 Å². The molecule has 2 N–H and O–H groups in total. The molecule has 2 aromatic rings. The molecule has 0 saturated heterocycles. The molecule has 2 aromatic heterocycles. The van der Waals surface area contributed by atoms with Crippen molar-refractivity contribution in [3.8, 4) is 11.5 Å². The second-order valence-electron chi connectivity index (χ2n) is 8.81. The number of hydrogen-bond donors (Lipinski definition) is 2. The van der Waals surface area contributed by atoms with Crippen LogP contribution in [0.4, 0.5) is 4.79 Å². The zero-order chi connectivity index (χ0) is 21.2. The number of pyridine rings is 1. The maximum Gasteiger partial charge on any atom is 0.407 e. The summed E-state index contributed by atoms with van der Waals surface area (Å²) >= 11 is 0. The Morgan fingerprint density at radius 3 is 2.48 bits per heavy atom. The van der Waals surface area contributed by atoms with Crippen LogP contribution < -0.4 is 10.6 Å². The number of nitrogens with zero attached hydrogens (tertiary/aromatic N) is 1. The summed E-state index contributed by atoms with van der Waals surface area (Å²) in [5, 5.41) is 5.91. The highest BCUT2D eigenvalue weighted by Crippen LogP contribution is 2.39. The van der Waals surface area contributed by atoms with Crippen LogP contribution >= 0.6 is 0 Å². The molecule has 1 unspecified atom stereocenters. The van der Waals surface area contributed by atoms with E-state index in [9.17, 15) is 9.59 Å². The summed E-state index contributed by atoms with van der Waals surface area (Å²) in [6, 6.07) is 7.15. The monoisotopic (exact) mass is 399 g/mol. The first-order valence-corrected chi connectivity index (χ1v) is 9.88. The number of amides is 2. The maximum absolute atomic E-state index is 13.0. The van der Waals surface area contributed by atoms with E-state index in [1.54, 1.807) is 31.4 Å². The van der Waals surface area contributed by atoms with Crippen LogP contribution in [-0.4, -0.2) is 34.7 Å². The highest BCUT2D eigenvalue weighted by Gasteiger charge is 2.43. The van der Waals surface area contributed by atoms with E-state index in [0.29, 0.717) is 35.2 Å². The van der Waals surface area contributed by atoms with Gasteiger partial charge >= 0.3 is 6.09 Å². The summed E-state index contributed by atoms with van der Waals surface area (Å²) in [6.45, 7) is 9.51. The predicted molar refractivity (Wildman–Crippen MR) is 110 cm³/mol. The maximum atomic E-state index is 13.0. The minimum atomic E-state index is -0.568. The smallest absolute Gasteiger partial charge is 0.407 e. The number of ether oxygens (including phenoxy) is 1. The third-order valence-electron chi connectivity index (χ3n) is 4.98. The SMILES string of the molecule is Cc1nc(-c2ccco2)ccc1C(=O)NC(C)(CNC(=O)OC(C)(C)C)C1CC1. The van der Waals surface area contributed by atoms with E-state index in [1.165, 1.54) is 0 Å². The molecule has 1 saturated carbocycles. The van der Waals surface area contributed by atoms with Gasteiger partial charge in [0.2, 0.25) is 0 Å². The van der Waals surface area contributed by atoms with Gasteiger partial charge in [-0.3, -0.25) is 4.79 Å². The standard InChI is InChI=1S/C22H29N3O4/c1-14-16(10-11-17(24-14)18-7-6-12-28-18)19(26)25-22(5,15-8-9-15)13-23-20(27)29-21(2,3)4/h6-7,10-12,15H,8-9,13H2,1-5H3,(H,23,27)(H,25,26). The molecule has 7 nitrogen and oxygen atoms in total. The number of rotatable bonds is 6. The van der Waals surface area contributed by atoms with Crippen LogP contribution in [0.2, 0.25) is 0 Å². The molecule has 1 atom stereocenters. The lowest BCUT2D eigenvalue weighted by Gasteiger charge is -2.32. The summed E-state index contributed by atoms with van der Waals surface area (Å²) in [7, 11) is 0. The molecule has 1 aliphatic rings. The quantitative estimate of drug-likeness (QED) is 0.764. The predicted octanol–water partition coefficient (Wildman–Crippen LogP) is 4.07. The Kier molecular flexibility index (Phi) is 5.68. The van der Waals surface area contributed by atoms with Crippen LogP contribution in [0.5, 0.6) is 0 Å². The van der Waals surface area contributed by atoms with Gasteiger partial charge in [-0.1, -0.05) is 0 Å². The van der Waals surface area contributed by atoms with E-state index in [4.69, 9.17) is 9.15 Å². The molecule has 0 spiro atoms. The van der Waals surface area contributed by atoms with Gasteiger partial charge in [0.1, 0.15) is 11.3 Å². The van der Waals surface area contributed by atoms with Crippen LogP contribution in [0.15, 0.2) is 34.9 Å². The highest BCUT2D eigenvalue weighted by atomic mass is 16.6. The van der Waals surface area contributed by atoms with E-state index in [2.05, 4.69) is 15.6 Å². The molecule has 0 radical (unpaired) electrons. The Morgan fingerprint density at radius 2 is 1.93 bits per heavy atom. The van der Waals surface area contributed by atoms with Crippen molar-refractivity contribution in [1.82, 2.24) is 15.6 Å². The van der Waals surface area contributed by atoms with Crippen molar-refractivity contribution < 1.29 is 18.7 Å². The number of alkyl carbamates (subject to hydrolysis) is 1. The summed E-state index contributed by atoms with van der Waals surface area (Å²) in [5.41, 5.74) is 0.682. The van der Waals surface area contributed by atoms with Crippen molar-refractivity contribution in [2.75, 3.05) is 6.54 Å². The van der Waals surface area contributed by atoms with Gasteiger partial charge in [-0.2, -0.15) is 0 Å². The molecular weight excluding hydrogens is 370 g/mol. The molecule has 2 heterocycles. The normalized spacial score (nSPS) is 16.0. The average molecular weight is 399 g/mol. The van der Waals surface area contributed by atoms with Crippen molar-refractivity contribution in [3.05, 3.63) is 41.8 Å². The second kappa shape index (κ2) is 7.89. The summed E-state index contributed by atoms with van der Waals surface area (Å²) in [4.78, 5) is 29.5. The van der Waals surface area contributed by atoms with Gasteiger partial charge in [-0.05, 0) is 77.6 Å². The van der Waals surface area contributed by atoms with E-state index in [-0.39, 0.29) is 5.91 Å². The molecule has 3 rings (SSSR count). The first-order valence-electron chi connectivity index (χ1n) is 9.88. The lowest BCUT2D eigenvalue weighted by Crippen LogP contribution is -2.55. The molecule has 0 bridgehead atoms. The number of aromatic nitrogens is 1. The van der Waals surface area contributed by atoms with E-state index >= 15 is 0 Å². The first kappa shape index (κ1) is 20.9. The molecule has 0 aliphatic heterocycles. The number of carbonyl (C=O) groups excluding carboxylic acids is 2. The van der Waals surface area contributed by atoms with E-state index in [1.807, 2.05) is 33.8 Å². The van der Waals surface area contributed by atoms with Crippen molar-refractivity contribution in [2.24, 2.45) is 5.92 Å². The van der Waals surface area contributed by atoms with Crippen LogP contribution in [0.3, 0.4) is 0 Å². The fourth-order valence-corrected chi connectivity index (χ4v) is 3.27. The van der Waals surface area contributed by atoms with E-state index in [0.717, 1.165) is 12.8 Å². The third-order valence-corrected chi connectivity index (χ3v) is 4.98. The molecule has 29 heavy (non-hydrogen) atoms. The van der Waals surface area contributed by atoms with Gasteiger partial charge in [0.15, 0.2) is 5.76 Å². The van der Waals surface area contributed by atoms with Gasteiger partial charge in [0, 0.05) is 6.54 Å². The average Bonchev–Trinajstić information content (AvgIpc) is 3.34. The zero-order valence-electron chi connectivity index (χ0n) is 17.7. The number of nitrogens with one attached hydrogen (secondary N) is 2. The van der Waals surface area contributed by atoms with Crippen LogP contribution in [0.1, 0.15) is 56.6 Å². The fourth-order valence-electron chi connectivity index (χ4n) is 3.27. The Labute approximate surface area is 171 Å². The topological polar surface area (TPSA) is 93.5 Å². The Morgan fingerprint density at radius 1 is 1.21 bits per heavy atom. The van der Waals surface area contributed by atoms with Crippen molar-refractivity contribution in [2.45, 2.75) is 58.6 Å². The largest absolute Gasteiger partial charge is 0.463 e. The van der Waals surface area contributed by atoms with Gasteiger partial charge in [-0.25, -0.2) is 9.78 Å². The Balaban J connectivity index is 1.69. The van der Waals surface area contributed by atoms with Crippen molar-refractivity contribution in [1.29, 1.82) is 0 Å². The zero-order valence-corrected chi connectivity index (χ0v) is 17.7. The summed E-state index contributed by atoms with van der Waals surface area (Å²) in [5.74, 6) is 0.767. The number of aryl methyl sites for hydroxylation is 1. The molecule has 1 fully saturated rings. The molecule has 7 heteroatoms.